The first kappa shape index (κ1) is 20.3. The smallest absolute Gasteiger partial charge is 0.387 e. The minimum atomic E-state index is -2.96. The van der Waals surface area contributed by atoms with E-state index in [9.17, 15) is 18.8 Å². The van der Waals surface area contributed by atoms with E-state index < -0.39 is 18.0 Å². The number of piperidine rings is 1. The zero-order valence-corrected chi connectivity index (χ0v) is 15.6. The number of carboxylic acid groups (broad SMARTS) is 1. The van der Waals surface area contributed by atoms with Crippen LogP contribution >= 0.6 is 0 Å². The highest BCUT2D eigenvalue weighted by Crippen LogP contribution is 2.40. The van der Waals surface area contributed by atoms with E-state index in [4.69, 9.17) is 9.84 Å². The molecule has 0 unspecified atom stereocenters. The van der Waals surface area contributed by atoms with E-state index in [2.05, 4.69) is 10.8 Å². The first-order chi connectivity index (χ1) is 13.4. The van der Waals surface area contributed by atoms with Gasteiger partial charge in [0.05, 0.1) is 24.6 Å². The molecular formula is C20H24F2N2O4. The Labute approximate surface area is 162 Å². The molecule has 28 heavy (non-hydrogen) atoms. The maximum absolute atomic E-state index is 12.7. The molecule has 1 aliphatic carbocycles. The van der Waals surface area contributed by atoms with Gasteiger partial charge in [0.1, 0.15) is 0 Å². The molecule has 0 atom stereocenters. The van der Waals surface area contributed by atoms with Crippen molar-refractivity contribution >= 4 is 5.97 Å². The number of halogens is 2. The fourth-order valence-corrected chi connectivity index (χ4v) is 3.60. The topological polar surface area (TPSA) is 82.8 Å². The molecule has 8 heteroatoms. The van der Waals surface area contributed by atoms with Gasteiger partial charge in [-0.25, -0.2) is 0 Å². The van der Waals surface area contributed by atoms with Crippen LogP contribution in [-0.4, -0.2) is 48.8 Å². The standard InChI is InChI=1S/C20H24F2N2O4/c21-19(22)28-16-4-3-15(11-17(16)27-10-5-14-1-2-14)20(13-23)6-8-24(9-7-20)12-18(25)26/h3-4,11,14,19H,1-2,5-10,12H2,(H,25,26). The predicted octanol–water partition coefficient (Wildman–Crippen LogP) is 3.41. The summed E-state index contributed by atoms with van der Waals surface area (Å²) in [4.78, 5) is 12.7. The summed E-state index contributed by atoms with van der Waals surface area (Å²) in [5.41, 5.74) is -0.111. The third kappa shape index (κ3) is 5.10. The Morgan fingerprint density at radius 3 is 2.61 bits per heavy atom. The lowest BCUT2D eigenvalue weighted by Crippen LogP contribution is -2.43. The molecule has 1 heterocycles. The first-order valence-electron chi connectivity index (χ1n) is 9.49. The molecule has 1 N–H and O–H groups in total. The Balaban J connectivity index is 1.77. The third-order valence-electron chi connectivity index (χ3n) is 5.48. The van der Waals surface area contributed by atoms with Crippen molar-refractivity contribution < 1.29 is 28.2 Å². The lowest BCUT2D eigenvalue weighted by atomic mass is 9.74. The zero-order valence-electron chi connectivity index (χ0n) is 15.6. The van der Waals surface area contributed by atoms with Gasteiger partial charge in [0.15, 0.2) is 11.5 Å². The maximum atomic E-state index is 12.7. The summed E-state index contributed by atoms with van der Waals surface area (Å²) in [6.07, 6.45) is 4.15. The second kappa shape index (κ2) is 8.74. The summed E-state index contributed by atoms with van der Waals surface area (Å²) < 4.78 is 35.7. The van der Waals surface area contributed by atoms with Crippen molar-refractivity contribution in [1.82, 2.24) is 4.90 Å². The quantitative estimate of drug-likeness (QED) is 0.691. The van der Waals surface area contributed by atoms with E-state index in [1.807, 2.05) is 0 Å². The van der Waals surface area contributed by atoms with E-state index in [1.54, 1.807) is 17.0 Å². The molecule has 152 valence electrons. The number of ether oxygens (including phenoxy) is 2. The summed E-state index contributed by atoms with van der Waals surface area (Å²) in [7, 11) is 0. The number of alkyl halides is 2. The molecule has 1 saturated carbocycles. The second-order valence-corrected chi connectivity index (χ2v) is 7.48. The van der Waals surface area contributed by atoms with Crippen molar-refractivity contribution in [3.63, 3.8) is 0 Å². The van der Waals surface area contributed by atoms with Gasteiger partial charge in [-0.1, -0.05) is 18.9 Å². The average molecular weight is 394 g/mol. The van der Waals surface area contributed by atoms with Gasteiger partial charge in [-0.05, 0) is 42.9 Å². The Bertz CT molecular complexity index is 738. The predicted molar refractivity (Wildman–Crippen MR) is 96.5 cm³/mol. The van der Waals surface area contributed by atoms with Crippen molar-refractivity contribution in [2.45, 2.75) is 44.1 Å². The van der Waals surface area contributed by atoms with Crippen LogP contribution in [0.5, 0.6) is 11.5 Å². The van der Waals surface area contributed by atoms with Crippen molar-refractivity contribution in [2.24, 2.45) is 5.92 Å². The Hall–Kier alpha value is -2.40. The van der Waals surface area contributed by atoms with Gasteiger partial charge < -0.3 is 14.6 Å². The number of carboxylic acids is 1. The molecule has 0 radical (unpaired) electrons. The molecule has 3 rings (SSSR count). The second-order valence-electron chi connectivity index (χ2n) is 7.48. The number of aliphatic carboxylic acids is 1. The van der Waals surface area contributed by atoms with Crippen LogP contribution in [0.15, 0.2) is 18.2 Å². The molecule has 6 nitrogen and oxygen atoms in total. The molecule has 0 amide bonds. The Morgan fingerprint density at radius 2 is 2.04 bits per heavy atom. The maximum Gasteiger partial charge on any atom is 0.387 e. The summed E-state index contributed by atoms with van der Waals surface area (Å²) >= 11 is 0. The van der Waals surface area contributed by atoms with E-state index >= 15 is 0 Å². The van der Waals surface area contributed by atoms with Crippen molar-refractivity contribution in [3.8, 4) is 17.6 Å². The van der Waals surface area contributed by atoms with Gasteiger partial charge in [-0.3, -0.25) is 9.69 Å². The highest BCUT2D eigenvalue weighted by Gasteiger charge is 2.37. The normalized spacial score (nSPS) is 19.2. The Kier molecular flexibility index (Phi) is 6.35. The molecule has 0 spiro atoms. The molecular weight excluding hydrogens is 370 g/mol. The van der Waals surface area contributed by atoms with Crippen molar-refractivity contribution in [1.29, 1.82) is 5.26 Å². The molecule has 0 aromatic heterocycles. The summed E-state index contributed by atoms with van der Waals surface area (Å²) in [5, 5.41) is 18.8. The van der Waals surface area contributed by atoms with E-state index in [1.165, 1.54) is 18.9 Å². The largest absolute Gasteiger partial charge is 0.490 e. The number of carbonyl (C=O) groups is 1. The minimum Gasteiger partial charge on any atom is -0.490 e. The van der Waals surface area contributed by atoms with Crippen molar-refractivity contribution in [3.05, 3.63) is 23.8 Å². The molecule has 1 aliphatic heterocycles. The molecule has 2 aliphatic rings. The third-order valence-corrected chi connectivity index (χ3v) is 5.48. The summed E-state index contributed by atoms with van der Waals surface area (Å²) in [6.45, 7) is -1.64. The molecule has 0 bridgehead atoms. The summed E-state index contributed by atoms with van der Waals surface area (Å²) in [6, 6.07) is 7.04. The van der Waals surface area contributed by atoms with Crippen LogP contribution in [-0.2, 0) is 10.2 Å². The van der Waals surface area contributed by atoms with Gasteiger partial charge >= 0.3 is 12.6 Å². The van der Waals surface area contributed by atoms with Gasteiger partial charge in [0.25, 0.3) is 0 Å². The van der Waals surface area contributed by atoms with Crippen molar-refractivity contribution in [2.75, 3.05) is 26.2 Å². The highest BCUT2D eigenvalue weighted by atomic mass is 19.3. The van der Waals surface area contributed by atoms with Gasteiger partial charge in [0, 0.05) is 13.1 Å². The lowest BCUT2D eigenvalue weighted by molar-refractivity contribution is -0.138. The number of hydrogen-bond acceptors (Lipinski definition) is 5. The highest BCUT2D eigenvalue weighted by molar-refractivity contribution is 5.69. The average Bonchev–Trinajstić information content (AvgIpc) is 3.47. The monoisotopic (exact) mass is 394 g/mol. The van der Waals surface area contributed by atoms with Crippen LogP contribution in [0.4, 0.5) is 8.78 Å². The molecule has 1 aromatic rings. The zero-order chi connectivity index (χ0) is 20.1. The van der Waals surface area contributed by atoms with Crippen LogP contribution < -0.4 is 9.47 Å². The number of nitriles is 1. The van der Waals surface area contributed by atoms with E-state index in [0.29, 0.717) is 44.0 Å². The molecule has 1 aromatic carbocycles. The van der Waals surface area contributed by atoms with Crippen LogP contribution in [0.3, 0.4) is 0 Å². The van der Waals surface area contributed by atoms with E-state index in [-0.39, 0.29) is 18.0 Å². The molecule has 2 fully saturated rings. The number of rotatable bonds is 9. The number of nitrogens with zero attached hydrogens (tertiary/aromatic N) is 2. The van der Waals surface area contributed by atoms with Crippen LogP contribution in [0.25, 0.3) is 0 Å². The SMILES string of the molecule is N#CC1(c2ccc(OC(F)F)c(OCCC3CC3)c2)CCN(CC(=O)O)CC1. The van der Waals surface area contributed by atoms with Gasteiger partial charge in [0.2, 0.25) is 0 Å². The summed E-state index contributed by atoms with van der Waals surface area (Å²) in [5.74, 6) is -0.0667. The van der Waals surface area contributed by atoms with E-state index in [0.717, 1.165) is 6.42 Å². The van der Waals surface area contributed by atoms with Gasteiger partial charge in [-0.2, -0.15) is 14.0 Å². The van der Waals surface area contributed by atoms with Crippen LogP contribution in [0.2, 0.25) is 0 Å². The number of hydrogen-bond donors (Lipinski definition) is 1. The van der Waals surface area contributed by atoms with Crippen LogP contribution in [0, 0.1) is 17.2 Å². The lowest BCUT2D eigenvalue weighted by Gasteiger charge is -2.37. The fourth-order valence-electron chi connectivity index (χ4n) is 3.60. The number of likely N-dealkylation sites (tertiary alicyclic amines) is 1. The fraction of sp³-hybridized carbons (Fsp3) is 0.600. The number of benzene rings is 1. The molecule has 1 saturated heterocycles. The minimum absolute atomic E-state index is 0.0362. The van der Waals surface area contributed by atoms with Crippen LogP contribution in [0.1, 0.15) is 37.7 Å². The Morgan fingerprint density at radius 1 is 1.32 bits per heavy atom. The van der Waals surface area contributed by atoms with Gasteiger partial charge in [-0.15, -0.1) is 0 Å². The first-order valence-corrected chi connectivity index (χ1v) is 9.49.